The molecule has 1 aromatic heterocycles. The van der Waals surface area contributed by atoms with E-state index >= 15 is 0 Å². The van der Waals surface area contributed by atoms with Crippen molar-refractivity contribution in [2.75, 3.05) is 18.2 Å². The molecule has 1 aromatic carbocycles. The summed E-state index contributed by atoms with van der Waals surface area (Å²) in [5.41, 5.74) is 2.48. The van der Waals surface area contributed by atoms with E-state index in [1.54, 1.807) is 28.6 Å². The van der Waals surface area contributed by atoms with Crippen molar-refractivity contribution in [3.05, 3.63) is 35.0 Å². The summed E-state index contributed by atoms with van der Waals surface area (Å²) in [5, 5.41) is 18.6. The van der Waals surface area contributed by atoms with Crippen LogP contribution in [-0.2, 0) is 4.79 Å². The number of aromatic hydroxyl groups is 1. The van der Waals surface area contributed by atoms with E-state index in [-0.39, 0.29) is 23.5 Å². The maximum absolute atomic E-state index is 12.9. The fourth-order valence-corrected chi connectivity index (χ4v) is 4.30. The van der Waals surface area contributed by atoms with Gasteiger partial charge in [0.05, 0.1) is 7.11 Å². The summed E-state index contributed by atoms with van der Waals surface area (Å²) >= 11 is 1.56. The fraction of sp³-hybridized carbons (Fsp3) is 0.421. The van der Waals surface area contributed by atoms with Crippen molar-refractivity contribution < 1.29 is 14.6 Å². The number of Topliss-reactive ketones (excluding diaryl/α,β-unsaturated/α-hetero) is 1. The Labute approximate surface area is 161 Å². The molecular weight excluding hydrogens is 364 g/mol. The first-order chi connectivity index (χ1) is 13.0. The normalized spacial score (nSPS) is 21.5. The van der Waals surface area contributed by atoms with Crippen LogP contribution in [0.25, 0.3) is 0 Å². The van der Waals surface area contributed by atoms with Crippen LogP contribution in [0, 0.1) is 5.92 Å². The van der Waals surface area contributed by atoms with Gasteiger partial charge in [0.25, 0.3) is 0 Å². The molecule has 4 rings (SSSR count). The van der Waals surface area contributed by atoms with E-state index in [0.717, 1.165) is 29.0 Å². The molecule has 2 aliphatic rings. The van der Waals surface area contributed by atoms with Crippen molar-refractivity contribution in [1.82, 2.24) is 14.8 Å². The number of fused-ring (bicyclic) bond motifs is 1. The Morgan fingerprint density at radius 2 is 2.22 bits per heavy atom. The highest BCUT2D eigenvalue weighted by Gasteiger charge is 2.38. The van der Waals surface area contributed by atoms with Crippen LogP contribution in [0.1, 0.15) is 38.3 Å². The van der Waals surface area contributed by atoms with Crippen LogP contribution < -0.4 is 10.1 Å². The van der Waals surface area contributed by atoms with Crippen molar-refractivity contribution >= 4 is 23.5 Å². The van der Waals surface area contributed by atoms with E-state index in [2.05, 4.69) is 29.2 Å². The van der Waals surface area contributed by atoms with E-state index in [0.29, 0.717) is 23.3 Å². The SMILES string of the molecule is CCSc1nc2n(n1)[C@@H](c1ccc(O)c(OC)c1)C1=C(C[C@H](C)CC1=O)N2. The summed E-state index contributed by atoms with van der Waals surface area (Å²) in [4.78, 5) is 17.5. The molecular formula is C19H22N4O3S. The molecule has 27 heavy (non-hydrogen) atoms. The minimum Gasteiger partial charge on any atom is -0.504 e. The van der Waals surface area contributed by atoms with Crippen molar-refractivity contribution in [2.24, 2.45) is 5.92 Å². The zero-order valence-corrected chi connectivity index (χ0v) is 16.3. The van der Waals surface area contributed by atoms with Gasteiger partial charge >= 0.3 is 0 Å². The Morgan fingerprint density at radius 1 is 1.41 bits per heavy atom. The lowest BCUT2D eigenvalue weighted by Gasteiger charge is -2.34. The third-order valence-electron chi connectivity index (χ3n) is 4.90. The van der Waals surface area contributed by atoms with Crippen LogP contribution in [0.4, 0.5) is 5.95 Å². The molecule has 1 aliphatic carbocycles. The maximum atomic E-state index is 12.9. The quantitative estimate of drug-likeness (QED) is 0.779. The topological polar surface area (TPSA) is 89.3 Å². The first-order valence-corrected chi connectivity index (χ1v) is 9.99. The Morgan fingerprint density at radius 3 is 2.96 bits per heavy atom. The van der Waals surface area contributed by atoms with Crippen LogP contribution in [0.3, 0.4) is 0 Å². The predicted octanol–water partition coefficient (Wildman–Crippen LogP) is 3.37. The summed E-state index contributed by atoms with van der Waals surface area (Å²) in [5.74, 6) is 2.36. The molecule has 0 bridgehead atoms. The number of phenolic OH excluding ortho intramolecular Hbond substituents is 1. The number of ether oxygens (including phenoxy) is 1. The number of allylic oxidation sites excluding steroid dienone is 2. The first kappa shape index (κ1) is 17.9. The molecule has 8 heteroatoms. The second kappa shape index (κ2) is 6.92. The van der Waals surface area contributed by atoms with Crippen LogP contribution in [0.5, 0.6) is 11.5 Å². The molecule has 0 spiro atoms. The molecule has 2 N–H and O–H groups in total. The monoisotopic (exact) mass is 386 g/mol. The molecule has 1 aliphatic heterocycles. The molecule has 0 fully saturated rings. The summed E-state index contributed by atoms with van der Waals surface area (Å²) in [7, 11) is 1.51. The Bertz CT molecular complexity index is 937. The van der Waals surface area contributed by atoms with E-state index < -0.39 is 0 Å². The van der Waals surface area contributed by atoms with Gasteiger partial charge in [0.2, 0.25) is 11.1 Å². The van der Waals surface area contributed by atoms with Gasteiger partial charge < -0.3 is 15.2 Å². The zero-order chi connectivity index (χ0) is 19.1. The first-order valence-electron chi connectivity index (χ1n) is 9.01. The third kappa shape index (κ3) is 3.07. The molecule has 0 amide bonds. The number of thioether (sulfide) groups is 1. The third-order valence-corrected chi connectivity index (χ3v) is 5.62. The lowest BCUT2D eigenvalue weighted by atomic mass is 9.81. The van der Waals surface area contributed by atoms with Gasteiger partial charge in [-0.25, -0.2) is 4.68 Å². The van der Waals surface area contributed by atoms with Crippen molar-refractivity contribution in [2.45, 2.75) is 37.9 Å². The van der Waals surface area contributed by atoms with E-state index in [9.17, 15) is 9.90 Å². The number of aromatic nitrogens is 3. The van der Waals surface area contributed by atoms with Gasteiger partial charge in [0, 0.05) is 17.7 Å². The smallest absolute Gasteiger partial charge is 0.227 e. The summed E-state index contributed by atoms with van der Waals surface area (Å²) in [6.45, 7) is 4.13. The number of carbonyl (C=O) groups excluding carboxylic acids is 1. The Hall–Kier alpha value is -2.48. The van der Waals surface area contributed by atoms with Crippen molar-refractivity contribution in [3.63, 3.8) is 0 Å². The largest absolute Gasteiger partial charge is 0.504 e. The zero-order valence-electron chi connectivity index (χ0n) is 15.5. The molecule has 0 unspecified atom stereocenters. The van der Waals surface area contributed by atoms with E-state index in [1.807, 2.05) is 6.07 Å². The highest BCUT2D eigenvalue weighted by molar-refractivity contribution is 7.99. The lowest BCUT2D eigenvalue weighted by Crippen LogP contribution is -2.33. The van der Waals surface area contributed by atoms with Gasteiger partial charge in [-0.1, -0.05) is 31.7 Å². The van der Waals surface area contributed by atoms with Gasteiger partial charge in [-0.2, -0.15) is 4.98 Å². The molecule has 7 nitrogen and oxygen atoms in total. The van der Waals surface area contributed by atoms with Gasteiger partial charge in [0.1, 0.15) is 6.04 Å². The van der Waals surface area contributed by atoms with Crippen molar-refractivity contribution in [1.29, 1.82) is 0 Å². The fourth-order valence-electron chi connectivity index (χ4n) is 3.75. The number of hydrogen-bond donors (Lipinski definition) is 2. The number of benzene rings is 1. The molecule has 0 saturated carbocycles. The summed E-state index contributed by atoms with van der Waals surface area (Å²) < 4.78 is 7.05. The van der Waals surface area contributed by atoms with Gasteiger partial charge in [-0.3, -0.25) is 4.79 Å². The van der Waals surface area contributed by atoms with Gasteiger partial charge in [0.15, 0.2) is 17.3 Å². The van der Waals surface area contributed by atoms with Crippen LogP contribution in [0.15, 0.2) is 34.6 Å². The summed E-state index contributed by atoms with van der Waals surface area (Å²) in [6, 6.07) is 4.77. The number of nitrogens with zero attached hydrogens (tertiary/aromatic N) is 3. The second-order valence-electron chi connectivity index (χ2n) is 6.88. The molecule has 2 aromatic rings. The van der Waals surface area contributed by atoms with Crippen LogP contribution in [0.2, 0.25) is 0 Å². The second-order valence-corrected chi connectivity index (χ2v) is 8.11. The van der Waals surface area contributed by atoms with Crippen molar-refractivity contribution in [3.8, 4) is 11.5 Å². The Balaban J connectivity index is 1.88. The number of methoxy groups -OCH3 is 1. The maximum Gasteiger partial charge on any atom is 0.227 e. The minimum absolute atomic E-state index is 0.0639. The van der Waals surface area contributed by atoms with Crippen LogP contribution in [-0.4, -0.2) is 38.5 Å². The van der Waals surface area contributed by atoms with Gasteiger partial charge in [-0.15, -0.1) is 5.10 Å². The highest BCUT2D eigenvalue weighted by atomic mass is 32.2. The average Bonchev–Trinajstić information content (AvgIpc) is 3.02. The van der Waals surface area contributed by atoms with Gasteiger partial charge in [-0.05, 0) is 35.8 Å². The molecule has 142 valence electrons. The number of nitrogens with one attached hydrogen (secondary N) is 1. The summed E-state index contributed by atoms with van der Waals surface area (Å²) in [6.07, 6.45) is 1.32. The standard InChI is InChI=1S/C19H22N4O3S/c1-4-27-19-21-18-20-12-7-10(2)8-14(25)16(12)17(23(18)22-19)11-5-6-13(24)15(9-11)26-3/h5-6,9-10,17,24H,4,7-8H2,1-3H3,(H,20,21,22)/t10-,17-/m0/s1. The molecule has 0 saturated heterocycles. The number of carbonyl (C=O) groups is 1. The van der Waals surface area contributed by atoms with E-state index in [1.165, 1.54) is 7.11 Å². The average molecular weight is 386 g/mol. The lowest BCUT2D eigenvalue weighted by molar-refractivity contribution is -0.117. The minimum atomic E-state index is -0.385. The number of anilines is 1. The molecule has 2 atom stereocenters. The number of phenols is 1. The number of rotatable bonds is 4. The number of ketones is 1. The Kier molecular flexibility index (Phi) is 4.59. The molecule has 0 radical (unpaired) electrons. The molecule has 2 heterocycles. The highest BCUT2D eigenvalue weighted by Crippen LogP contribution is 2.43. The van der Waals surface area contributed by atoms with Crippen LogP contribution >= 0.6 is 11.8 Å². The van der Waals surface area contributed by atoms with E-state index in [4.69, 9.17) is 4.74 Å². The predicted molar refractivity (Wildman–Crippen MR) is 103 cm³/mol. The number of hydrogen-bond acceptors (Lipinski definition) is 7.